The first kappa shape index (κ1) is 26.9. The van der Waals surface area contributed by atoms with Gasteiger partial charge in [-0.1, -0.05) is 24.2 Å². The molecular weight excluding hydrogens is 793 g/mol. The van der Waals surface area contributed by atoms with Crippen LogP contribution in [0.2, 0.25) is 0 Å². The van der Waals surface area contributed by atoms with Crippen LogP contribution in [0, 0.1) is 19.3 Å². The molecule has 2 aliphatic rings. The Kier molecular flexibility index (Phi) is 8.17. The Labute approximate surface area is 244 Å². The summed E-state index contributed by atoms with van der Waals surface area (Å²) in [4.78, 5) is 37.9. The largest absolute Gasteiger partial charge is 0.384 e. The Bertz CT molecular complexity index is 1090. The Morgan fingerprint density at radius 2 is 1.79 bits per heavy atom. The van der Waals surface area contributed by atoms with Crippen LogP contribution in [-0.2, 0) is 4.23 Å². The number of aromatic nitrogens is 2. The van der Waals surface area contributed by atoms with E-state index >= 15 is 0 Å². The van der Waals surface area contributed by atoms with Gasteiger partial charge in [-0.05, 0) is 132 Å². The summed E-state index contributed by atoms with van der Waals surface area (Å²) in [6.07, 6.45) is 5.79. The van der Waals surface area contributed by atoms with Gasteiger partial charge in [-0.25, -0.2) is 4.98 Å². The van der Waals surface area contributed by atoms with E-state index in [1.165, 1.54) is 55.3 Å². The summed E-state index contributed by atoms with van der Waals surface area (Å²) in [5.74, 6) is -0.684. The predicted molar refractivity (Wildman–Crippen MR) is 160 cm³/mol. The molecule has 2 fully saturated rings. The third kappa shape index (κ3) is 5.42. The normalized spacial score (nSPS) is 20.1. The van der Waals surface area contributed by atoms with E-state index < -0.39 is 11.4 Å². The summed E-state index contributed by atoms with van der Waals surface area (Å²) in [6.45, 7) is 5.16. The molecule has 0 radical (unpaired) electrons. The minimum Gasteiger partial charge on any atom is -0.384 e. The molecule has 2 amide bonds. The van der Waals surface area contributed by atoms with Gasteiger partial charge < -0.3 is 10.4 Å². The van der Waals surface area contributed by atoms with Crippen molar-refractivity contribution >= 4 is 102 Å². The number of aliphatic hydroxyl groups excluding tert-OH is 1. The van der Waals surface area contributed by atoms with Gasteiger partial charge in [-0.2, -0.15) is 0 Å². The lowest BCUT2D eigenvalue weighted by atomic mass is 9.63. The van der Waals surface area contributed by atoms with E-state index in [1.807, 2.05) is 13.8 Å². The van der Waals surface area contributed by atoms with Gasteiger partial charge in [0.25, 0.3) is 11.8 Å². The standard InChI is InChI=1S/C23H27I3N4O3S/c1-12-10-15(11-13(2)27-12)30(20(33)14(3)31)21-29-17(18(34-21)23(24,25)26)19(32)28-16-6-9-22(16)7-4-5-8-22/h10-11,14,16,31H,4-9H2,1-3H3,(H,28,32). The van der Waals surface area contributed by atoms with E-state index in [9.17, 15) is 14.7 Å². The summed E-state index contributed by atoms with van der Waals surface area (Å²) in [7, 11) is 0. The fourth-order valence-corrected chi connectivity index (χ4v) is 7.75. The third-order valence-corrected chi connectivity index (χ3v) is 10.6. The average Bonchev–Trinajstić information content (AvgIpc) is 3.39. The molecule has 2 saturated carbocycles. The maximum absolute atomic E-state index is 13.5. The summed E-state index contributed by atoms with van der Waals surface area (Å²) in [5, 5.41) is 13.8. The lowest BCUT2D eigenvalue weighted by Crippen LogP contribution is -2.54. The van der Waals surface area contributed by atoms with Gasteiger partial charge in [0.2, 0.25) is 0 Å². The highest BCUT2D eigenvalue weighted by Gasteiger charge is 2.49. The first-order valence-electron chi connectivity index (χ1n) is 11.3. The van der Waals surface area contributed by atoms with Crippen LogP contribution in [0.4, 0.5) is 10.8 Å². The molecular formula is C23H27I3N4O3S. The first-order chi connectivity index (χ1) is 15.9. The number of amides is 2. The molecule has 11 heteroatoms. The number of halogens is 3. The lowest BCUT2D eigenvalue weighted by molar-refractivity contribution is -0.125. The minimum atomic E-state index is -1.22. The molecule has 34 heavy (non-hydrogen) atoms. The van der Waals surface area contributed by atoms with Crippen LogP contribution in [0.5, 0.6) is 0 Å². The second-order valence-electron chi connectivity index (χ2n) is 9.26. The highest BCUT2D eigenvalue weighted by molar-refractivity contribution is 14.3. The first-order valence-corrected chi connectivity index (χ1v) is 15.3. The number of nitrogens with one attached hydrogen (secondary N) is 1. The molecule has 2 aromatic rings. The van der Waals surface area contributed by atoms with Crippen LogP contribution in [0.1, 0.15) is 72.2 Å². The zero-order chi connectivity index (χ0) is 24.8. The third-order valence-electron chi connectivity index (χ3n) is 6.76. The van der Waals surface area contributed by atoms with Crippen molar-refractivity contribution in [2.75, 3.05) is 4.90 Å². The maximum Gasteiger partial charge on any atom is 0.271 e. The molecule has 7 nitrogen and oxygen atoms in total. The van der Waals surface area contributed by atoms with Crippen molar-refractivity contribution in [3.63, 3.8) is 0 Å². The predicted octanol–water partition coefficient (Wildman–Crippen LogP) is 6.07. The van der Waals surface area contributed by atoms with Crippen LogP contribution in [0.3, 0.4) is 0 Å². The monoisotopic (exact) mass is 820 g/mol. The van der Waals surface area contributed by atoms with Gasteiger partial charge in [-0.15, -0.1) is 0 Å². The summed E-state index contributed by atoms with van der Waals surface area (Å²) < 4.78 is -0.426. The minimum absolute atomic E-state index is 0.186. The number of pyridine rings is 1. The molecule has 2 heterocycles. The molecule has 2 atom stereocenters. The number of carbonyl (C=O) groups excluding carboxylic acids is 2. The number of rotatable bonds is 6. The van der Waals surface area contributed by atoms with Crippen molar-refractivity contribution in [1.82, 2.24) is 15.3 Å². The molecule has 0 aromatic carbocycles. The zero-order valence-electron chi connectivity index (χ0n) is 19.2. The molecule has 2 aliphatic carbocycles. The van der Waals surface area contributed by atoms with Gasteiger partial charge in [0, 0.05) is 17.4 Å². The van der Waals surface area contributed by atoms with Crippen molar-refractivity contribution in [1.29, 1.82) is 0 Å². The fraction of sp³-hybridized carbons (Fsp3) is 0.565. The molecule has 184 valence electrons. The maximum atomic E-state index is 13.5. The number of aliphatic hydroxyl groups is 1. The van der Waals surface area contributed by atoms with E-state index in [2.05, 4.69) is 78.1 Å². The Hall–Kier alpha value is -0.130. The van der Waals surface area contributed by atoms with Crippen molar-refractivity contribution in [3.8, 4) is 0 Å². The van der Waals surface area contributed by atoms with E-state index in [0.29, 0.717) is 16.5 Å². The second-order valence-corrected chi connectivity index (χ2v) is 21.3. The Morgan fingerprint density at radius 3 is 2.29 bits per heavy atom. The number of thiazole rings is 1. The van der Waals surface area contributed by atoms with Gasteiger partial charge in [0.15, 0.2) is 4.57 Å². The highest BCUT2D eigenvalue weighted by Crippen LogP contribution is 2.54. The molecule has 2 aromatic heterocycles. The van der Waals surface area contributed by atoms with Crippen LogP contribution in [0.25, 0.3) is 0 Å². The fourth-order valence-electron chi connectivity index (χ4n) is 5.04. The van der Waals surface area contributed by atoms with Crippen molar-refractivity contribution < 1.29 is 14.7 Å². The molecule has 0 bridgehead atoms. The number of carbonyl (C=O) groups is 2. The van der Waals surface area contributed by atoms with Gasteiger partial charge in [0.05, 0.1) is 10.6 Å². The Morgan fingerprint density at radius 1 is 1.18 bits per heavy atom. The summed E-state index contributed by atoms with van der Waals surface area (Å²) >= 11 is 8.16. The van der Waals surface area contributed by atoms with E-state index in [-0.39, 0.29) is 17.4 Å². The lowest BCUT2D eigenvalue weighted by Gasteiger charge is -2.47. The van der Waals surface area contributed by atoms with Crippen LogP contribution in [0.15, 0.2) is 12.1 Å². The van der Waals surface area contributed by atoms with Crippen molar-refractivity contribution in [2.45, 2.75) is 70.9 Å². The van der Waals surface area contributed by atoms with Crippen molar-refractivity contribution in [2.24, 2.45) is 5.41 Å². The second kappa shape index (κ2) is 10.3. The molecule has 0 saturated heterocycles. The van der Waals surface area contributed by atoms with Crippen LogP contribution >= 0.6 is 79.1 Å². The van der Waals surface area contributed by atoms with E-state index in [1.54, 1.807) is 12.1 Å². The molecule has 2 N–H and O–H groups in total. The van der Waals surface area contributed by atoms with Gasteiger partial charge >= 0.3 is 0 Å². The smallest absolute Gasteiger partial charge is 0.271 e. The number of nitrogens with zero attached hydrogens (tertiary/aromatic N) is 3. The van der Waals surface area contributed by atoms with E-state index in [0.717, 1.165) is 22.7 Å². The highest BCUT2D eigenvalue weighted by atomic mass is 127. The quantitative estimate of drug-likeness (QED) is 0.273. The average molecular weight is 820 g/mol. The molecule has 2 unspecified atom stereocenters. The summed E-state index contributed by atoms with van der Waals surface area (Å²) in [6, 6.07) is 3.77. The number of hydrogen-bond acceptors (Lipinski definition) is 6. The Balaban J connectivity index is 1.73. The number of anilines is 2. The topological polar surface area (TPSA) is 95.4 Å². The van der Waals surface area contributed by atoms with Crippen LogP contribution in [-0.4, -0.2) is 39.0 Å². The van der Waals surface area contributed by atoms with Gasteiger partial charge in [-0.3, -0.25) is 19.5 Å². The molecule has 0 aliphatic heterocycles. The molecule has 4 rings (SSSR count). The SMILES string of the molecule is Cc1cc(N(C(=O)C(C)O)c2nc(C(=O)NC3CCC34CCCC4)c(C(I)(I)I)s2)cc(C)n1. The molecule has 1 spiro atoms. The van der Waals surface area contributed by atoms with Gasteiger partial charge in [0.1, 0.15) is 11.8 Å². The van der Waals surface area contributed by atoms with Crippen molar-refractivity contribution in [3.05, 3.63) is 34.1 Å². The van der Waals surface area contributed by atoms with E-state index in [4.69, 9.17) is 4.98 Å². The number of aryl methyl sites for hydroxylation is 2. The zero-order valence-corrected chi connectivity index (χ0v) is 26.5. The number of hydrogen-bond donors (Lipinski definition) is 2. The number of alkyl halides is 3. The van der Waals surface area contributed by atoms with Crippen LogP contribution < -0.4 is 10.2 Å². The summed E-state index contributed by atoms with van der Waals surface area (Å²) in [5.41, 5.74) is 2.69.